The van der Waals surface area contributed by atoms with Gasteiger partial charge in [0.25, 0.3) is 0 Å². The maximum Gasteiger partial charge on any atom is 1.00 e. The summed E-state index contributed by atoms with van der Waals surface area (Å²) < 4.78 is 0. The summed E-state index contributed by atoms with van der Waals surface area (Å²) in [5.41, 5.74) is 0. The van der Waals surface area contributed by atoms with E-state index in [1.807, 2.05) is 0 Å². The Labute approximate surface area is 67.2 Å². The van der Waals surface area contributed by atoms with E-state index >= 15 is 0 Å². The summed E-state index contributed by atoms with van der Waals surface area (Å²) in [6.45, 7) is 0. The van der Waals surface area contributed by atoms with Crippen LogP contribution in [0.1, 0.15) is 0 Å². The molecule has 0 amide bonds. The smallest absolute Gasteiger partial charge is 1.00 e. The van der Waals surface area contributed by atoms with E-state index in [0.717, 1.165) is 7.11 Å². The Morgan fingerprint density at radius 2 is 1.25 bits per heavy atom. The molecule has 0 fully saturated rings. The molecule has 0 unspecified atom stereocenters. The molecule has 0 radical (unpaired) electrons. The van der Waals surface area contributed by atoms with Gasteiger partial charge in [-0.05, 0) is 0 Å². The fourth-order valence-corrected chi connectivity index (χ4v) is 0. The van der Waals surface area contributed by atoms with Crippen LogP contribution < -0.4 is 56.1 Å². The van der Waals surface area contributed by atoms with Gasteiger partial charge >= 0.3 is 51.4 Å². The van der Waals surface area contributed by atoms with E-state index in [0.29, 0.717) is 0 Å². The molecule has 3 heteroatoms. The van der Waals surface area contributed by atoms with Gasteiger partial charge in [-0.15, -0.1) is 0 Å². The van der Waals surface area contributed by atoms with E-state index in [4.69, 9.17) is 5.11 Å². The molecule has 0 saturated heterocycles. The summed E-state index contributed by atoms with van der Waals surface area (Å²) >= 11 is 0. The van der Waals surface area contributed by atoms with Crippen molar-refractivity contribution in [3.05, 3.63) is 0 Å². The molecule has 22 valence electrons. The fraction of sp³-hybridized carbons (Fsp3) is 1.00. The minimum absolute atomic E-state index is 0. The van der Waals surface area contributed by atoms with Gasteiger partial charge < -0.3 is 9.81 Å². The van der Waals surface area contributed by atoms with Crippen molar-refractivity contribution in [3.8, 4) is 0 Å². The number of halogens is 1. The van der Waals surface area contributed by atoms with E-state index in [1.165, 1.54) is 0 Å². The third-order valence-electron chi connectivity index (χ3n) is 0. The summed E-state index contributed by atoms with van der Waals surface area (Å²) in [6.07, 6.45) is 0. The maximum atomic E-state index is 7.00. The summed E-state index contributed by atoms with van der Waals surface area (Å²) in [4.78, 5) is 0. The Morgan fingerprint density at radius 1 is 1.25 bits per heavy atom. The maximum absolute atomic E-state index is 7.00. The first-order valence-corrected chi connectivity index (χ1v) is 0.447. The summed E-state index contributed by atoms with van der Waals surface area (Å²) in [6, 6.07) is 0. The van der Waals surface area contributed by atoms with Crippen LogP contribution in [0.15, 0.2) is 0 Å². The van der Waals surface area contributed by atoms with E-state index < -0.39 is 0 Å². The molecule has 0 spiro atoms. The first kappa shape index (κ1) is 17.7. The normalized spacial score (nSPS) is 1.50. The molecule has 4 heavy (non-hydrogen) atoms. The van der Waals surface area contributed by atoms with Gasteiger partial charge in [0.05, 0.1) is 0 Å². The van der Waals surface area contributed by atoms with Crippen molar-refractivity contribution in [2.45, 2.75) is 0 Å². The average Bonchev–Trinajstić information content (AvgIpc) is 1.00. The van der Waals surface area contributed by atoms with E-state index in [-0.39, 0.29) is 56.1 Å². The van der Waals surface area contributed by atoms with Gasteiger partial charge in [0.1, 0.15) is 0 Å². The Hall–Kier alpha value is 1.53. The van der Waals surface area contributed by atoms with E-state index in [2.05, 4.69) is 0 Å². The van der Waals surface area contributed by atoms with Gasteiger partial charge in [-0.2, -0.15) is 0 Å². The molecular formula is CH4FKO. The first-order valence-electron chi connectivity index (χ1n) is 0.447. The number of rotatable bonds is 0. The summed E-state index contributed by atoms with van der Waals surface area (Å²) in [5, 5.41) is 7.00. The predicted octanol–water partition coefficient (Wildman–Crippen LogP) is -6.38. The number of aliphatic hydroxyl groups is 1. The summed E-state index contributed by atoms with van der Waals surface area (Å²) in [5.74, 6) is 0. The molecule has 0 saturated carbocycles. The van der Waals surface area contributed by atoms with Crippen molar-refractivity contribution in [3.63, 3.8) is 0 Å². The van der Waals surface area contributed by atoms with Crippen LogP contribution in [0, 0.1) is 0 Å². The van der Waals surface area contributed by atoms with Crippen molar-refractivity contribution in [2.24, 2.45) is 0 Å². The quantitative estimate of drug-likeness (QED) is 0.293. The van der Waals surface area contributed by atoms with Crippen LogP contribution >= 0.6 is 0 Å². The fourth-order valence-electron chi connectivity index (χ4n) is 0. The van der Waals surface area contributed by atoms with Crippen molar-refractivity contribution in [1.82, 2.24) is 0 Å². The Bertz CT molecular complexity index is 8.00. The zero-order valence-corrected chi connectivity index (χ0v) is 5.95. The third kappa shape index (κ3) is 9.66. The predicted molar refractivity (Wildman–Crippen MR) is 8.14 cm³/mol. The topological polar surface area (TPSA) is 20.2 Å². The molecule has 0 aromatic rings. The Morgan fingerprint density at radius 3 is 1.25 bits per heavy atom. The van der Waals surface area contributed by atoms with Gasteiger partial charge in [0, 0.05) is 7.11 Å². The molecule has 0 aromatic heterocycles. The van der Waals surface area contributed by atoms with Crippen LogP contribution in [0.4, 0.5) is 0 Å². The zero-order valence-electron chi connectivity index (χ0n) is 2.83. The minimum atomic E-state index is 0. The SMILES string of the molecule is CO.[F-].[K+]. The molecule has 0 atom stereocenters. The van der Waals surface area contributed by atoms with Crippen LogP contribution in [0.5, 0.6) is 0 Å². The van der Waals surface area contributed by atoms with Gasteiger partial charge in [0.2, 0.25) is 0 Å². The molecular weight excluding hydrogens is 86.1 g/mol. The van der Waals surface area contributed by atoms with Crippen LogP contribution in [-0.4, -0.2) is 12.2 Å². The van der Waals surface area contributed by atoms with Crippen molar-refractivity contribution in [1.29, 1.82) is 0 Å². The molecule has 1 nitrogen and oxygen atoms in total. The minimum Gasteiger partial charge on any atom is -1.00 e. The van der Waals surface area contributed by atoms with Gasteiger partial charge in [-0.25, -0.2) is 0 Å². The van der Waals surface area contributed by atoms with E-state index in [1.54, 1.807) is 0 Å². The largest absolute Gasteiger partial charge is 1.00 e. The molecule has 0 aromatic carbocycles. The molecule has 0 aliphatic carbocycles. The standard InChI is InChI=1S/CH4O.FH.K/c1-2;;/h2H,1H3;1H;/q;;+1/p-1. The monoisotopic (exact) mass is 90.0 g/mol. The summed E-state index contributed by atoms with van der Waals surface area (Å²) in [7, 11) is 1.00. The van der Waals surface area contributed by atoms with Gasteiger partial charge in [-0.3, -0.25) is 0 Å². The second kappa shape index (κ2) is 24.2. The molecule has 0 aliphatic rings. The number of hydrogen-bond donors (Lipinski definition) is 1. The van der Waals surface area contributed by atoms with Crippen LogP contribution in [-0.2, 0) is 0 Å². The van der Waals surface area contributed by atoms with Crippen molar-refractivity contribution in [2.75, 3.05) is 7.11 Å². The molecule has 0 aliphatic heterocycles. The Kier molecular flexibility index (Phi) is 107. The van der Waals surface area contributed by atoms with Crippen molar-refractivity contribution >= 4 is 0 Å². The van der Waals surface area contributed by atoms with Gasteiger partial charge in [-0.1, -0.05) is 0 Å². The van der Waals surface area contributed by atoms with Gasteiger partial charge in [0.15, 0.2) is 0 Å². The average molecular weight is 90.1 g/mol. The number of hydrogen-bond acceptors (Lipinski definition) is 1. The third-order valence-corrected chi connectivity index (χ3v) is 0. The molecule has 0 heterocycles. The van der Waals surface area contributed by atoms with Crippen molar-refractivity contribution < 1.29 is 61.2 Å². The molecule has 1 N–H and O–H groups in total. The molecule has 0 rings (SSSR count). The zero-order chi connectivity index (χ0) is 2.00. The second-order valence-corrected chi connectivity index (χ2v) is 0. The van der Waals surface area contributed by atoms with Crippen LogP contribution in [0.25, 0.3) is 0 Å². The molecule has 0 bridgehead atoms. The number of aliphatic hydroxyl groups excluding tert-OH is 1. The first-order chi connectivity index (χ1) is 1.00. The second-order valence-electron chi connectivity index (χ2n) is 0. The van der Waals surface area contributed by atoms with E-state index in [9.17, 15) is 0 Å². The van der Waals surface area contributed by atoms with Crippen LogP contribution in [0.3, 0.4) is 0 Å². The van der Waals surface area contributed by atoms with Crippen LogP contribution in [0.2, 0.25) is 0 Å². The Balaban J connectivity index is -0.00000000500.